The van der Waals surface area contributed by atoms with E-state index in [-0.39, 0.29) is 47.9 Å². The summed E-state index contributed by atoms with van der Waals surface area (Å²) < 4.78 is 0. The fraction of sp³-hybridized carbons (Fsp3) is 0.737. The van der Waals surface area contributed by atoms with Crippen LogP contribution < -0.4 is 0 Å². The van der Waals surface area contributed by atoms with Gasteiger partial charge in [-0.3, -0.25) is 19.2 Å². The summed E-state index contributed by atoms with van der Waals surface area (Å²) in [5.74, 6) is -0.877. The highest BCUT2D eigenvalue weighted by Gasteiger charge is 2.36. The Morgan fingerprint density at radius 2 is 1.54 bits per heavy atom. The average molecular weight is 336 g/mol. The number of carbonyl (C=O) groups is 5. The van der Waals surface area contributed by atoms with Gasteiger partial charge in [-0.15, -0.1) is 0 Å². The maximum atomic E-state index is 12.3. The van der Waals surface area contributed by atoms with Gasteiger partial charge < -0.3 is 4.79 Å². The Bertz CT molecular complexity index is 520. The van der Waals surface area contributed by atoms with Crippen molar-refractivity contribution in [3.05, 3.63) is 0 Å². The topological polar surface area (TPSA) is 85.3 Å². The smallest absolute Gasteiger partial charge is 0.198 e. The minimum Gasteiger partial charge on any atom is -0.300 e. The van der Waals surface area contributed by atoms with Crippen molar-refractivity contribution in [2.75, 3.05) is 0 Å². The van der Waals surface area contributed by atoms with Crippen LogP contribution in [0.15, 0.2) is 0 Å². The molecule has 0 radical (unpaired) electrons. The Kier molecular flexibility index (Phi) is 8.16. The standard InChI is InChI=1S/C19H28O5/c1-4-17(22)16-8-7-15(11-14(16)6-5-12(2)20)19(24)10-9-18(23)13(3)21/h14-16H,4-11H2,1-3H3. The Balaban J connectivity index is 2.66. The minimum atomic E-state index is -0.514. The molecular weight excluding hydrogens is 308 g/mol. The predicted octanol–water partition coefficient (Wildman–Crippen LogP) is 2.87. The molecule has 5 heteroatoms. The van der Waals surface area contributed by atoms with Crippen LogP contribution in [0, 0.1) is 17.8 Å². The molecule has 0 N–H and O–H groups in total. The molecular formula is C19H28O5. The molecule has 24 heavy (non-hydrogen) atoms. The Morgan fingerprint density at radius 1 is 0.875 bits per heavy atom. The molecule has 3 unspecified atom stereocenters. The van der Waals surface area contributed by atoms with Crippen molar-refractivity contribution in [3.63, 3.8) is 0 Å². The highest BCUT2D eigenvalue weighted by atomic mass is 16.2. The van der Waals surface area contributed by atoms with Crippen molar-refractivity contribution in [3.8, 4) is 0 Å². The molecule has 0 aromatic carbocycles. The van der Waals surface area contributed by atoms with E-state index >= 15 is 0 Å². The summed E-state index contributed by atoms with van der Waals surface area (Å²) in [6, 6.07) is 0. The van der Waals surface area contributed by atoms with Gasteiger partial charge in [-0.25, -0.2) is 0 Å². The third-order valence-corrected chi connectivity index (χ3v) is 5.06. The van der Waals surface area contributed by atoms with Crippen LogP contribution >= 0.6 is 0 Å². The van der Waals surface area contributed by atoms with Crippen LogP contribution in [0.2, 0.25) is 0 Å². The molecule has 0 bridgehead atoms. The van der Waals surface area contributed by atoms with E-state index in [2.05, 4.69) is 0 Å². The highest BCUT2D eigenvalue weighted by Crippen LogP contribution is 2.38. The first-order valence-corrected chi connectivity index (χ1v) is 8.84. The quantitative estimate of drug-likeness (QED) is 0.573. The highest BCUT2D eigenvalue weighted by molar-refractivity contribution is 6.36. The lowest BCUT2D eigenvalue weighted by atomic mass is 9.68. The van der Waals surface area contributed by atoms with E-state index in [4.69, 9.17) is 0 Å². The maximum absolute atomic E-state index is 12.3. The van der Waals surface area contributed by atoms with Gasteiger partial charge in [-0.05, 0) is 38.5 Å². The first kappa shape index (κ1) is 20.4. The van der Waals surface area contributed by atoms with Crippen LogP contribution in [-0.2, 0) is 24.0 Å². The zero-order chi connectivity index (χ0) is 18.3. The summed E-state index contributed by atoms with van der Waals surface area (Å²) in [5.41, 5.74) is 0. The van der Waals surface area contributed by atoms with E-state index in [1.54, 1.807) is 0 Å². The van der Waals surface area contributed by atoms with Crippen LogP contribution in [0.25, 0.3) is 0 Å². The van der Waals surface area contributed by atoms with Crippen LogP contribution in [0.5, 0.6) is 0 Å². The number of Topliss-reactive ketones (excluding diaryl/α,β-unsaturated/α-hetero) is 5. The first-order chi connectivity index (χ1) is 11.3. The van der Waals surface area contributed by atoms with E-state index in [0.717, 1.165) is 0 Å². The molecule has 0 aromatic heterocycles. The summed E-state index contributed by atoms with van der Waals surface area (Å²) in [6.45, 7) is 4.59. The monoisotopic (exact) mass is 336 g/mol. The summed E-state index contributed by atoms with van der Waals surface area (Å²) in [4.78, 5) is 58.1. The molecule has 5 nitrogen and oxygen atoms in total. The molecule has 0 aromatic rings. The predicted molar refractivity (Wildman–Crippen MR) is 89.5 cm³/mol. The van der Waals surface area contributed by atoms with Crippen molar-refractivity contribution in [2.24, 2.45) is 17.8 Å². The normalized spacial score (nSPS) is 23.5. The van der Waals surface area contributed by atoms with Crippen LogP contribution in [-0.4, -0.2) is 28.9 Å². The second-order valence-corrected chi connectivity index (χ2v) is 6.88. The summed E-state index contributed by atoms with van der Waals surface area (Å²) in [6.07, 6.45) is 3.55. The molecule has 134 valence electrons. The van der Waals surface area contributed by atoms with Crippen LogP contribution in [0.4, 0.5) is 0 Å². The van der Waals surface area contributed by atoms with Gasteiger partial charge in [0.05, 0.1) is 0 Å². The molecule has 0 spiro atoms. The average Bonchev–Trinajstić information content (AvgIpc) is 2.56. The van der Waals surface area contributed by atoms with E-state index in [1.165, 1.54) is 13.8 Å². The lowest BCUT2D eigenvalue weighted by molar-refractivity contribution is -0.136. The van der Waals surface area contributed by atoms with Gasteiger partial charge >= 0.3 is 0 Å². The number of ketones is 5. The number of hydrogen-bond acceptors (Lipinski definition) is 5. The molecule has 0 saturated heterocycles. The molecule has 0 heterocycles. The lowest BCUT2D eigenvalue weighted by Crippen LogP contribution is -2.34. The third kappa shape index (κ3) is 6.10. The largest absolute Gasteiger partial charge is 0.300 e. The van der Waals surface area contributed by atoms with Gasteiger partial charge in [0.15, 0.2) is 11.6 Å². The second kappa shape index (κ2) is 9.60. The molecule has 1 aliphatic carbocycles. The first-order valence-electron chi connectivity index (χ1n) is 8.84. The van der Waals surface area contributed by atoms with Gasteiger partial charge in [-0.1, -0.05) is 6.92 Å². The summed E-state index contributed by atoms with van der Waals surface area (Å²) in [7, 11) is 0. The molecule has 1 saturated carbocycles. The second-order valence-electron chi connectivity index (χ2n) is 6.88. The SMILES string of the molecule is CCC(=O)C1CCC(C(=O)CCC(=O)C(C)=O)CC1CCC(C)=O. The van der Waals surface area contributed by atoms with E-state index in [1.807, 2.05) is 6.92 Å². The van der Waals surface area contributed by atoms with Crippen molar-refractivity contribution in [1.82, 2.24) is 0 Å². The van der Waals surface area contributed by atoms with E-state index in [9.17, 15) is 24.0 Å². The number of hydrogen-bond donors (Lipinski definition) is 0. The Labute approximate surface area is 143 Å². The van der Waals surface area contributed by atoms with Gasteiger partial charge in [-0.2, -0.15) is 0 Å². The lowest BCUT2D eigenvalue weighted by Gasteiger charge is -2.34. The zero-order valence-corrected chi connectivity index (χ0v) is 14.9. The molecule has 0 amide bonds. The van der Waals surface area contributed by atoms with Gasteiger partial charge in [0.25, 0.3) is 0 Å². The fourth-order valence-corrected chi connectivity index (χ4v) is 3.57. The number of carbonyl (C=O) groups excluding carboxylic acids is 5. The van der Waals surface area contributed by atoms with Crippen molar-refractivity contribution in [2.45, 2.75) is 72.1 Å². The van der Waals surface area contributed by atoms with Crippen LogP contribution in [0.1, 0.15) is 72.1 Å². The molecule has 3 atom stereocenters. The molecule has 1 rings (SSSR count). The van der Waals surface area contributed by atoms with Gasteiger partial charge in [0.1, 0.15) is 17.3 Å². The third-order valence-electron chi connectivity index (χ3n) is 5.06. The fourth-order valence-electron chi connectivity index (χ4n) is 3.57. The van der Waals surface area contributed by atoms with Crippen LogP contribution in [0.3, 0.4) is 0 Å². The van der Waals surface area contributed by atoms with Gasteiger partial charge in [0, 0.05) is 44.4 Å². The zero-order valence-electron chi connectivity index (χ0n) is 14.9. The minimum absolute atomic E-state index is 0.000164. The summed E-state index contributed by atoms with van der Waals surface area (Å²) in [5, 5.41) is 0. The van der Waals surface area contributed by atoms with Crippen molar-refractivity contribution in [1.29, 1.82) is 0 Å². The maximum Gasteiger partial charge on any atom is 0.198 e. The molecule has 1 fully saturated rings. The number of rotatable bonds is 10. The van der Waals surface area contributed by atoms with Crippen molar-refractivity contribution < 1.29 is 24.0 Å². The van der Waals surface area contributed by atoms with Crippen molar-refractivity contribution >= 4 is 28.9 Å². The Morgan fingerprint density at radius 3 is 2.08 bits per heavy atom. The van der Waals surface area contributed by atoms with E-state index in [0.29, 0.717) is 38.5 Å². The molecule has 1 aliphatic rings. The molecule has 0 aliphatic heterocycles. The Hall–Kier alpha value is -1.65. The van der Waals surface area contributed by atoms with E-state index < -0.39 is 11.6 Å². The van der Waals surface area contributed by atoms with Gasteiger partial charge in [0.2, 0.25) is 0 Å². The summed E-state index contributed by atoms with van der Waals surface area (Å²) >= 11 is 0.